The number of hydrogen-bond acceptors (Lipinski definition) is 6. The summed E-state index contributed by atoms with van der Waals surface area (Å²) in [6.45, 7) is 1.36. The zero-order valence-corrected chi connectivity index (χ0v) is 14.1. The molecule has 2 rings (SSSR count). The lowest BCUT2D eigenvalue weighted by atomic mass is 10.1. The maximum atomic E-state index is 11.9. The second-order valence-corrected chi connectivity index (χ2v) is 5.85. The number of thiocyanates is 1. The van der Waals surface area contributed by atoms with Crippen molar-refractivity contribution < 1.29 is 14.3 Å². The van der Waals surface area contributed by atoms with Crippen LogP contribution >= 0.6 is 11.8 Å². The van der Waals surface area contributed by atoms with Crippen molar-refractivity contribution in [3.8, 4) is 11.5 Å². The molecule has 124 valence electrons. The lowest BCUT2D eigenvalue weighted by molar-refractivity contribution is -0.119. The molecule has 0 aromatic heterocycles. The second-order valence-electron chi connectivity index (χ2n) is 4.99. The molecule has 0 radical (unpaired) electrons. The van der Waals surface area contributed by atoms with Crippen LogP contribution in [0.3, 0.4) is 0 Å². The van der Waals surface area contributed by atoms with Gasteiger partial charge in [0.1, 0.15) is 5.40 Å². The summed E-state index contributed by atoms with van der Waals surface area (Å²) in [5.41, 5.74) is 1.92. The minimum absolute atomic E-state index is 0.209. The van der Waals surface area contributed by atoms with Crippen LogP contribution in [0, 0.1) is 28.9 Å². The molecule has 0 spiro atoms. The molecule has 1 N–H and O–H groups in total. The smallest absolute Gasteiger partial charge is 0.338 e. The third kappa shape index (κ3) is 5.10. The monoisotopic (exact) mass is 351 g/mol. The largest absolute Gasteiger partial charge is 0.452 e. The SMILES string of the molecule is Cc1cc(SC#N)ccc1NC(=O)COC(=O)c1cccc(C#N)c1. The molecule has 6 nitrogen and oxygen atoms in total. The third-order valence-corrected chi connectivity index (χ3v) is 3.78. The van der Waals surface area contributed by atoms with Gasteiger partial charge < -0.3 is 10.1 Å². The number of aryl methyl sites for hydroxylation is 1. The molecule has 0 aliphatic heterocycles. The van der Waals surface area contributed by atoms with Gasteiger partial charge in [-0.15, -0.1) is 0 Å². The van der Waals surface area contributed by atoms with Crippen molar-refractivity contribution in [2.24, 2.45) is 0 Å². The highest BCUT2D eigenvalue weighted by Crippen LogP contribution is 2.23. The molecule has 0 bridgehead atoms. The normalized spacial score (nSPS) is 9.56. The average Bonchev–Trinajstić information content (AvgIpc) is 2.62. The standard InChI is InChI=1S/C18H13N3O3S/c1-12-7-15(25-11-20)5-6-16(12)21-17(22)10-24-18(23)14-4-2-3-13(8-14)9-19/h2-8H,10H2,1H3,(H,21,22). The van der Waals surface area contributed by atoms with Crippen LogP contribution in [-0.4, -0.2) is 18.5 Å². The molecule has 2 aromatic rings. The summed E-state index contributed by atoms with van der Waals surface area (Å²) in [6.07, 6.45) is 0. The van der Waals surface area contributed by atoms with Gasteiger partial charge in [-0.1, -0.05) is 6.07 Å². The van der Waals surface area contributed by atoms with Crippen LogP contribution in [-0.2, 0) is 9.53 Å². The summed E-state index contributed by atoms with van der Waals surface area (Å²) in [7, 11) is 0. The van der Waals surface area contributed by atoms with E-state index in [2.05, 4.69) is 5.32 Å². The molecule has 0 heterocycles. The molecular formula is C18H13N3O3S. The van der Waals surface area contributed by atoms with E-state index >= 15 is 0 Å². The molecule has 0 saturated heterocycles. The van der Waals surface area contributed by atoms with E-state index in [-0.39, 0.29) is 5.56 Å². The van der Waals surface area contributed by atoms with Crippen LogP contribution in [0.15, 0.2) is 47.4 Å². The van der Waals surface area contributed by atoms with Gasteiger partial charge in [-0.05, 0) is 60.6 Å². The second kappa shape index (κ2) is 8.53. The Balaban J connectivity index is 1.93. The first-order valence-electron chi connectivity index (χ1n) is 7.17. The Bertz CT molecular complexity index is 897. The molecule has 2 aromatic carbocycles. The van der Waals surface area contributed by atoms with Gasteiger partial charge in [0.05, 0.1) is 17.2 Å². The fraction of sp³-hybridized carbons (Fsp3) is 0.111. The number of amides is 1. The number of nitriles is 2. The topological polar surface area (TPSA) is 103 Å². The van der Waals surface area contributed by atoms with E-state index in [1.54, 1.807) is 37.3 Å². The minimum atomic E-state index is -0.676. The Morgan fingerprint density at radius 2 is 2.00 bits per heavy atom. The van der Waals surface area contributed by atoms with Crippen molar-refractivity contribution in [3.05, 3.63) is 59.2 Å². The van der Waals surface area contributed by atoms with Gasteiger partial charge in [0.25, 0.3) is 5.91 Å². The summed E-state index contributed by atoms with van der Waals surface area (Å²) in [6, 6.07) is 13.2. The number of carbonyl (C=O) groups is 2. The zero-order chi connectivity index (χ0) is 18.2. The number of thioether (sulfide) groups is 1. The lowest BCUT2D eigenvalue weighted by Gasteiger charge is -2.10. The summed E-state index contributed by atoms with van der Waals surface area (Å²) in [5.74, 6) is -1.15. The van der Waals surface area contributed by atoms with Gasteiger partial charge in [-0.3, -0.25) is 4.79 Å². The summed E-state index contributed by atoms with van der Waals surface area (Å²) >= 11 is 1.03. The number of rotatable bonds is 5. The quantitative estimate of drug-likeness (QED) is 0.504. The van der Waals surface area contributed by atoms with E-state index in [1.165, 1.54) is 12.1 Å². The van der Waals surface area contributed by atoms with Crippen molar-refractivity contribution in [2.75, 3.05) is 11.9 Å². The Morgan fingerprint density at radius 1 is 1.20 bits per heavy atom. The van der Waals surface area contributed by atoms with Crippen molar-refractivity contribution >= 4 is 29.3 Å². The number of hydrogen-bond donors (Lipinski definition) is 1. The van der Waals surface area contributed by atoms with Gasteiger partial charge in [0.15, 0.2) is 6.61 Å². The molecule has 7 heteroatoms. The maximum Gasteiger partial charge on any atom is 0.338 e. The Labute approximate surface area is 149 Å². The molecule has 0 aliphatic carbocycles. The summed E-state index contributed by atoms with van der Waals surface area (Å²) < 4.78 is 4.96. The van der Waals surface area contributed by atoms with Crippen molar-refractivity contribution in [3.63, 3.8) is 0 Å². The van der Waals surface area contributed by atoms with Gasteiger partial charge in [0.2, 0.25) is 0 Å². The Hall–Kier alpha value is -3.29. The Kier molecular flexibility index (Phi) is 6.16. The van der Waals surface area contributed by atoms with Crippen molar-refractivity contribution in [2.45, 2.75) is 11.8 Å². The molecule has 0 saturated carbocycles. The molecule has 0 fully saturated rings. The molecule has 0 atom stereocenters. The van der Waals surface area contributed by atoms with Gasteiger partial charge in [-0.25, -0.2) is 4.79 Å². The number of benzene rings is 2. The molecule has 0 aliphatic rings. The first-order chi connectivity index (χ1) is 12.0. The summed E-state index contributed by atoms with van der Waals surface area (Å²) in [4.78, 5) is 24.6. The predicted octanol–water partition coefficient (Wildman–Crippen LogP) is 3.24. The highest BCUT2D eigenvalue weighted by atomic mass is 32.2. The number of ether oxygens (including phenoxy) is 1. The Morgan fingerprint density at radius 3 is 2.68 bits per heavy atom. The highest BCUT2D eigenvalue weighted by molar-refractivity contribution is 8.03. The van der Waals surface area contributed by atoms with Crippen LogP contribution in [0.5, 0.6) is 0 Å². The molecular weight excluding hydrogens is 338 g/mol. The van der Waals surface area contributed by atoms with E-state index in [9.17, 15) is 9.59 Å². The van der Waals surface area contributed by atoms with Crippen LogP contribution in [0.25, 0.3) is 0 Å². The van der Waals surface area contributed by atoms with Gasteiger partial charge in [0, 0.05) is 10.6 Å². The van der Waals surface area contributed by atoms with E-state index in [0.717, 1.165) is 22.2 Å². The van der Waals surface area contributed by atoms with E-state index in [4.69, 9.17) is 15.3 Å². The maximum absolute atomic E-state index is 11.9. The van der Waals surface area contributed by atoms with E-state index in [1.807, 2.05) is 11.5 Å². The van der Waals surface area contributed by atoms with Crippen LogP contribution in [0.1, 0.15) is 21.5 Å². The number of anilines is 1. The summed E-state index contributed by atoms with van der Waals surface area (Å²) in [5, 5.41) is 22.1. The van der Waals surface area contributed by atoms with E-state index < -0.39 is 18.5 Å². The average molecular weight is 351 g/mol. The zero-order valence-electron chi connectivity index (χ0n) is 13.3. The minimum Gasteiger partial charge on any atom is -0.452 e. The first-order valence-corrected chi connectivity index (χ1v) is 7.99. The third-order valence-electron chi connectivity index (χ3n) is 3.20. The number of carbonyl (C=O) groups excluding carboxylic acids is 2. The lowest BCUT2D eigenvalue weighted by Crippen LogP contribution is -2.21. The number of esters is 1. The molecule has 1 amide bonds. The fourth-order valence-electron chi connectivity index (χ4n) is 2.01. The van der Waals surface area contributed by atoms with Crippen LogP contribution < -0.4 is 5.32 Å². The van der Waals surface area contributed by atoms with Crippen LogP contribution in [0.4, 0.5) is 5.69 Å². The highest BCUT2D eigenvalue weighted by Gasteiger charge is 2.12. The fourth-order valence-corrected chi connectivity index (χ4v) is 2.49. The number of nitrogens with one attached hydrogen (secondary N) is 1. The van der Waals surface area contributed by atoms with Crippen molar-refractivity contribution in [1.29, 1.82) is 10.5 Å². The van der Waals surface area contributed by atoms with E-state index in [0.29, 0.717) is 11.3 Å². The predicted molar refractivity (Wildman–Crippen MR) is 92.7 cm³/mol. The number of nitrogens with zero attached hydrogens (tertiary/aromatic N) is 2. The molecule has 0 unspecified atom stereocenters. The molecule has 25 heavy (non-hydrogen) atoms. The first kappa shape index (κ1) is 18.1. The van der Waals surface area contributed by atoms with Crippen LogP contribution in [0.2, 0.25) is 0 Å². The van der Waals surface area contributed by atoms with Gasteiger partial charge >= 0.3 is 5.97 Å². The van der Waals surface area contributed by atoms with Gasteiger partial charge in [-0.2, -0.15) is 10.5 Å². The van der Waals surface area contributed by atoms with Crippen molar-refractivity contribution in [1.82, 2.24) is 0 Å².